The van der Waals surface area contributed by atoms with Crippen molar-refractivity contribution in [2.45, 2.75) is 17.3 Å². The molecule has 0 atom stereocenters. The van der Waals surface area contributed by atoms with Gasteiger partial charge in [-0.15, -0.1) is 11.8 Å². The van der Waals surface area contributed by atoms with Crippen molar-refractivity contribution in [3.63, 3.8) is 0 Å². The Morgan fingerprint density at radius 3 is 2.70 bits per heavy atom. The number of nitrogen functional groups attached to an aromatic ring is 1. The van der Waals surface area contributed by atoms with Gasteiger partial charge in [0.15, 0.2) is 0 Å². The van der Waals surface area contributed by atoms with E-state index in [1.807, 2.05) is 12.1 Å². The van der Waals surface area contributed by atoms with E-state index in [0.29, 0.717) is 17.0 Å². The Morgan fingerprint density at radius 2 is 1.95 bits per heavy atom. The van der Waals surface area contributed by atoms with Gasteiger partial charge in [0.2, 0.25) is 0 Å². The standard InChI is InChI=1S/C14H12BrF2NOS/c15-10-5-6-11(18)13(7-10)20-8-9-3-1-2-4-12(9)19-14(16)17/h1-7,14H,8,18H2. The number of rotatable bonds is 5. The van der Waals surface area contributed by atoms with E-state index < -0.39 is 6.61 Å². The molecule has 0 saturated heterocycles. The van der Waals surface area contributed by atoms with Crippen molar-refractivity contribution < 1.29 is 13.5 Å². The van der Waals surface area contributed by atoms with Crippen LogP contribution in [0.15, 0.2) is 51.8 Å². The second kappa shape index (κ2) is 6.95. The summed E-state index contributed by atoms with van der Waals surface area (Å²) in [6.45, 7) is -2.82. The molecule has 0 unspecified atom stereocenters. The Labute approximate surface area is 128 Å². The smallest absolute Gasteiger partial charge is 0.387 e. The predicted octanol–water partition coefficient (Wildman–Crippen LogP) is 4.93. The number of alkyl halides is 2. The van der Waals surface area contributed by atoms with Crippen LogP contribution in [0, 0.1) is 0 Å². The molecule has 2 N–H and O–H groups in total. The highest BCUT2D eigenvalue weighted by Gasteiger charge is 2.10. The second-order valence-electron chi connectivity index (χ2n) is 3.96. The summed E-state index contributed by atoms with van der Waals surface area (Å²) in [5, 5.41) is 0. The molecule has 0 aliphatic heterocycles. The van der Waals surface area contributed by atoms with Gasteiger partial charge in [-0.25, -0.2) is 0 Å². The average molecular weight is 360 g/mol. The van der Waals surface area contributed by atoms with Crippen LogP contribution in [0.4, 0.5) is 14.5 Å². The lowest BCUT2D eigenvalue weighted by Crippen LogP contribution is -2.03. The molecule has 2 aromatic carbocycles. The monoisotopic (exact) mass is 359 g/mol. The molecule has 2 aromatic rings. The van der Waals surface area contributed by atoms with Crippen LogP contribution in [0.5, 0.6) is 5.75 Å². The maximum atomic E-state index is 12.3. The average Bonchev–Trinajstić information content (AvgIpc) is 2.41. The van der Waals surface area contributed by atoms with E-state index in [1.165, 1.54) is 17.8 Å². The summed E-state index contributed by atoms with van der Waals surface area (Å²) in [6, 6.07) is 12.3. The quantitative estimate of drug-likeness (QED) is 0.607. The predicted molar refractivity (Wildman–Crippen MR) is 81.2 cm³/mol. The van der Waals surface area contributed by atoms with Crippen LogP contribution in [0.1, 0.15) is 5.56 Å². The van der Waals surface area contributed by atoms with Crippen molar-refractivity contribution in [3.05, 3.63) is 52.5 Å². The van der Waals surface area contributed by atoms with E-state index in [2.05, 4.69) is 20.7 Å². The van der Waals surface area contributed by atoms with Crippen LogP contribution in [0.3, 0.4) is 0 Å². The van der Waals surface area contributed by atoms with Crippen molar-refractivity contribution in [2.24, 2.45) is 0 Å². The fourth-order valence-corrected chi connectivity index (χ4v) is 3.13. The highest BCUT2D eigenvalue weighted by Crippen LogP contribution is 2.33. The van der Waals surface area contributed by atoms with Gasteiger partial charge in [0.1, 0.15) is 5.75 Å². The van der Waals surface area contributed by atoms with E-state index in [0.717, 1.165) is 9.37 Å². The van der Waals surface area contributed by atoms with E-state index in [1.54, 1.807) is 24.3 Å². The third kappa shape index (κ3) is 4.11. The van der Waals surface area contributed by atoms with Gasteiger partial charge in [-0.3, -0.25) is 0 Å². The summed E-state index contributed by atoms with van der Waals surface area (Å²) >= 11 is 4.85. The van der Waals surface area contributed by atoms with Crippen molar-refractivity contribution in [2.75, 3.05) is 5.73 Å². The van der Waals surface area contributed by atoms with Crippen molar-refractivity contribution in [1.29, 1.82) is 0 Å². The van der Waals surface area contributed by atoms with Gasteiger partial charge in [-0.1, -0.05) is 34.1 Å². The van der Waals surface area contributed by atoms with Crippen LogP contribution < -0.4 is 10.5 Å². The highest BCUT2D eigenvalue weighted by molar-refractivity contribution is 9.10. The first-order chi connectivity index (χ1) is 9.56. The fourth-order valence-electron chi connectivity index (χ4n) is 1.62. The SMILES string of the molecule is Nc1ccc(Br)cc1SCc1ccccc1OC(F)F. The Hall–Kier alpha value is -1.27. The maximum absolute atomic E-state index is 12.3. The molecule has 20 heavy (non-hydrogen) atoms. The number of thioether (sulfide) groups is 1. The van der Waals surface area contributed by atoms with Crippen LogP contribution >= 0.6 is 27.7 Å². The third-order valence-corrected chi connectivity index (χ3v) is 4.16. The lowest BCUT2D eigenvalue weighted by Gasteiger charge is -2.11. The van der Waals surface area contributed by atoms with E-state index in [4.69, 9.17) is 5.73 Å². The molecule has 106 valence electrons. The molecule has 2 nitrogen and oxygen atoms in total. The van der Waals surface area contributed by atoms with Gasteiger partial charge < -0.3 is 10.5 Å². The molecule has 0 amide bonds. The Bertz CT molecular complexity index is 595. The summed E-state index contributed by atoms with van der Waals surface area (Å²) in [5.41, 5.74) is 7.24. The zero-order valence-corrected chi connectivity index (χ0v) is 12.8. The molecule has 0 heterocycles. The number of anilines is 1. The maximum Gasteiger partial charge on any atom is 0.387 e. The van der Waals surface area contributed by atoms with E-state index in [9.17, 15) is 8.78 Å². The minimum Gasteiger partial charge on any atom is -0.435 e. The number of para-hydroxylation sites is 1. The molecular weight excluding hydrogens is 348 g/mol. The lowest BCUT2D eigenvalue weighted by atomic mass is 10.2. The normalized spacial score (nSPS) is 10.8. The number of hydrogen-bond acceptors (Lipinski definition) is 3. The van der Waals surface area contributed by atoms with Crippen molar-refractivity contribution >= 4 is 33.4 Å². The molecule has 0 bridgehead atoms. The summed E-state index contributed by atoms with van der Waals surface area (Å²) in [7, 11) is 0. The number of hydrogen-bond donors (Lipinski definition) is 1. The van der Waals surface area contributed by atoms with Crippen molar-refractivity contribution in [1.82, 2.24) is 0 Å². The molecule has 6 heteroatoms. The number of benzene rings is 2. The first-order valence-corrected chi connectivity index (χ1v) is 7.54. The Kier molecular flexibility index (Phi) is 5.25. The molecular formula is C14H12BrF2NOS. The van der Waals surface area contributed by atoms with Gasteiger partial charge in [0.25, 0.3) is 0 Å². The zero-order chi connectivity index (χ0) is 14.5. The molecule has 2 rings (SSSR count). The molecule has 0 radical (unpaired) electrons. The Balaban J connectivity index is 2.12. The van der Waals surface area contributed by atoms with E-state index >= 15 is 0 Å². The highest BCUT2D eigenvalue weighted by atomic mass is 79.9. The zero-order valence-electron chi connectivity index (χ0n) is 10.4. The fraction of sp³-hybridized carbons (Fsp3) is 0.143. The van der Waals surface area contributed by atoms with Gasteiger partial charge in [-0.05, 0) is 24.3 Å². The van der Waals surface area contributed by atoms with Gasteiger partial charge >= 0.3 is 6.61 Å². The van der Waals surface area contributed by atoms with Crippen LogP contribution in [0.25, 0.3) is 0 Å². The molecule has 0 saturated carbocycles. The van der Waals surface area contributed by atoms with Crippen LogP contribution in [-0.2, 0) is 5.75 Å². The second-order valence-corrected chi connectivity index (χ2v) is 5.89. The number of ether oxygens (including phenoxy) is 1. The summed E-state index contributed by atoms with van der Waals surface area (Å²) in [5.74, 6) is 0.701. The minimum absolute atomic E-state index is 0.198. The first-order valence-electron chi connectivity index (χ1n) is 5.77. The third-order valence-electron chi connectivity index (χ3n) is 2.55. The Morgan fingerprint density at radius 1 is 1.20 bits per heavy atom. The largest absolute Gasteiger partial charge is 0.435 e. The van der Waals surface area contributed by atoms with E-state index in [-0.39, 0.29) is 5.75 Å². The summed E-state index contributed by atoms with van der Waals surface area (Å²) in [6.07, 6.45) is 0. The van der Waals surface area contributed by atoms with Gasteiger partial charge in [0, 0.05) is 26.4 Å². The van der Waals surface area contributed by atoms with Crippen LogP contribution in [0.2, 0.25) is 0 Å². The van der Waals surface area contributed by atoms with Crippen LogP contribution in [-0.4, -0.2) is 6.61 Å². The molecule has 0 aliphatic carbocycles. The lowest BCUT2D eigenvalue weighted by molar-refractivity contribution is -0.0503. The topological polar surface area (TPSA) is 35.2 Å². The molecule has 0 aromatic heterocycles. The molecule has 0 spiro atoms. The van der Waals surface area contributed by atoms with Crippen molar-refractivity contribution in [3.8, 4) is 5.75 Å². The first kappa shape index (κ1) is 15.1. The molecule has 0 aliphatic rings. The van der Waals surface area contributed by atoms with Gasteiger partial charge in [-0.2, -0.15) is 8.78 Å². The van der Waals surface area contributed by atoms with Gasteiger partial charge in [0.05, 0.1) is 0 Å². The molecule has 0 fully saturated rings. The summed E-state index contributed by atoms with van der Waals surface area (Å²) < 4.78 is 30.1. The number of nitrogens with two attached hydrogens (primary N) is 1. The summed E-state index contributed by atoms with van der Waals surface area (Å²) in [4.78, 5) is 0.895. The minimum atomic E-state index is -2.82. The number of halogens is 3.